The van der Waals surface area contributed by atoms with Gasteiger partial charge in [-0.3, -0.25) is 9.69 Å². The van der Waals surface area contributed by atoms with E-state index in [0.29, 0.717) is 45.5 Å². The van der Waals surface area contributed by atoms with E-state index in [0.717, 1.165) is 29.7 Å². The first kappa shape index (κ1) is 25.4. The SMILES string of the molecule is CCCOc1ccc(-c2nn(-c3ccccc3)cc2C=C2SC(=S)N(CCCOC)C2=O)cc1Cl. The molecular weight excluding hydrogens is 502 g/mol. The second-order valence-corrected chi connectivity index (χ2v) is 9.97. The van der Waals surface area contributed by atoms with Crippen molar-refractivity contribution in [3.63, 3.8) is 0 Å². The molecule has 1 aliphatic heterocycles. The molecule has 3 aromatic rings. The molecule has 2 aromatic carbocycles. The van der Waals surface area contributed by atoms with E-state index in [1.807, 2.05) is 67.7 Å². The molecule has 1 fully saturated rings. The predicted octanol–water partition coefficient (Wildman–Crippen LogP) is 6.22. The van der Waals surface area contributed by atoms with Gasteiger partial charge in [0, 0.05) is 37.6 Å². The van der Waals surface area contributed by atoms with Gasteiger partial charge in [-0.15, -0.1) is 0 Å². The minimum atomic E-state index is -0.101. The Morgan fingerprint density at radius 2 is 1.97 bits per heavy atom. The van der Waals surface area contributed by atoms with Gasteiger partial charge >= 0.3 is 0 Å². The molecule has 35 heavy (non-hydrogen) atoms. The number of hydrogen-bond acceptors (Lipinski definition) is 6. The van der Waals surface area contributed by atoms with Crippen LogP contribution in [0, 0.1) is 0 Å². The number of ether oxygens (including phenoxy) is 2. The molecule has 0 N–H and O–H groups in total. The average molecular weight is 528 g/mol. The fourth-order valence-corrected chi connectivity index (χ4v) is 5.14. The summed E-state index contributed by atoms with van der Waals surface area (Å²) in [4.78, 5) is 15.3. The smallest absolute Gasteiger partial charge is 0.266 e. The number of rotatable bonds is 10. The van der Waals surface area contributed by atoms with E-state index >= 15 is 0 Å². The van der Waals surface area contributed by atoms with E-state index in [-0.39, 0.29) is 5.91 Å². The van der Waals surface area contributed by atoms with Gasteiger partial charge in [0.1, 0.15) is 15.8 Å². The van der Waals surface area contributed by atoms with Crippen LogP contribution >= 0.6 is 35.6 Å². The Morgan fingerprint density at radius 3 is 2.69 bits per heavy atom. The summed E-state index contributed by atoms with van der Waals surface area (Å²) < 4.78 is 13.2. The number of aromatic nitrogens is 2. The van der Waals surface area contributed by atoms with E-state index in [1.54, 1.807) is 16.7 Å². The lowest BCUT2D eigenvalue weighted by molar-refractivity contribution is -0.122. The highest BCUT2D eigenvalue weighted by Gasteiger charge is 2.32. The van der Waals surface area contributed by atoms with Crippen molar-refractivity contribution in [2.45, 2.75) is 19.8 Å². The fraction of sp³-hybridized carbons (Fsp3) is 0.269. The van der Waals surface area contributed by atoms with Crippen LogP contribution in [0.25, 0.3) is 23.0 Å². The molecule has 6 nitrogen and oxygen atoms in total. The van der Waals surface area contributed by atoms with Gasteiger partial charge in [0.2, 0.25) is 0 Å². The number of carbonyl (C=O) groups is 1. The summed E-state index contributed by atoms with van der Waals surface area (Å²) in [5.41, 5.74) is 3.25. The quantitative estimate of drug-likeness (QED) is 0.177. The van der Waals surface area contributed by atoms with Gasteiger partial charge in [0.05, 0.1) is 22.2 Å². The number of hydrogen-bond donors (Lipinski definition) is 0. The third kappa shape index (κ3) is 5.95. The van der Waals surface area contributed by atoms with Crippen LogP contribution < -0.4 is 4.74 Å². The Kier molecular flexibility index (Phi) is 8.62. The van der Waals surface area contributed by atoms with Crippen LogP contribution in [0.3, 0.4) is 0 Å². The van der Waals surface area contributed by atoms with Crippen molar-refractivity contribution >= 4 is 51.9 Å². The second-order valence-electron chi connectivity index (χ2n) is 7.89. The number of thiocarbonyl (C=S) groups is 1. The molecular formula is C26H26ClN3O3S2. The van der Waals surface area contributed by atoms with E-state index < -0.39 is 0 Å². The molecule has 1 aromatic heterocycles. The van der Waals surface area contributed by atoms with E-state index in [1.165, 1.54) is 11.8 Å². The molecule has 1 saturated heterocycles. The molecule has 182 valence electrons. The maximum Gasteiger partial charge on any atom is 0.266 e. The molecule has 0 radical (unpaired) electrons. The monoisotopic (exact) mass is 527 g/mol. The van der Waals surface area contributed by atoms with Crippen LogP contribution in [0.2, 0.25) is 5.02 Å². The summed E-state index contributed by atoms with van der Waals surface area (Å²) in [6.45, 7) is 3.74. The van der Waals surface area contributed by atoms with Gasteiger partial charge in [-0.25, -0.2) is 4.68 Å². The largest absolute Gasteiger partial charge is 0.492 e. The van der Waals surface area contributed by atoms with Crippen molar-refractivity contribution in [3.05, 3.63) is 70.2 Å². The molecule has 2 heterocycles. The van der Waals surface area contributed by atoms with E-state index in [9.17, 15) is 4.79 Å². The number of carbonyl (C=O) groups excluding carboxylic acids is 1. The number of nitrogens with zero attached hydrogens (tertiary/aromatic N) is 3. The maximum atomic E-state index is 13.1. The first-order valence-corrected chi connectivity index (χ1v) is 12.9. The first-order chi connectivity index (χ1) is 17.0. The standard InChI is InChI=1S/C26H26ClN3O3S2/c1-3-13-33-22-11-10-18(15-21(22)27)24-19(17-30(28-24)20-8-5-4-6-9-20)16-23-25(31)29(26(34)35-23)12-7-14-32-2/h4-6,8-11,15-17H,3,7,12-14H2,1-2H3. The summed E-state index contributed by atoms with van der Waals surface area (Å²) in [7, 11) is 1.64. The Bertz CT molecular complexity index is 1240. The molecule has 0 spiro atoms. The van der Waals surface area contributed by atoms with Gasteiger partial charge in [0.25, 0.3) is 5.91 Å². The zero-order chi connectivity index (χ0) is 24.8. The molecule has 4 rings (SSSR count). The van der Waals surface area contributed by atoms with Gasteiger partial charge < -0.3 is 9.47 Å². The maximum absolute atomic E-state index is 13.1. The lowest BCUT2D eigenvalue weighted by atomic mass is 10.1. The molecule has 0 saturated carbocycles. The normalized spacial score (nSPS) is 14.8. The van der Waals surface area contributed by atoms with Crippen molar-refractivity contribution in [1.29, 1.82) is 0 Å². The summed E-state index contributed by atoms with van der Waals surface area (Å²) in [6.07, 6.45) is 5.38. The van der Waals surface area contributed by atoms with Crippen LogP contribution in [0.4, 0.5) is 0 Å². The third-order valence-corrected chi connectivity index (χ3v) is 6.99. The van der Waals surface area contributed by atoms with E-state index in [2.05, 4.69) is 0 Å². The summed E-state index contributed by atoms with van der Waals surface area (Å²) in [6, 6.07) is 15.5. The molecule has 0 atom stereocenters. The van der Waals surface area contributed by atoms with Crippen LogP contribution in [0.1, 0.15) is 25.3 Å². The van der Waals surface area contributed by atoms with Crippen molar-refractivity contribution in [3.8, 4) is 22.7 Å². The number of halogens is 1. The lowest BCUT2D eigenvalue weighted by Crippen LogP contribution is -2.29. The Hall–Kier alpha value is -2.65. The second kappa shape index (κ2) is 11.9. The highest BCUT2D eigenvalue weighted by atomic mass is 35.5. The summed E-state index contributed by atoms with van der Waals surface area (Å²) in [5, 5.41) is 5.35. The van der Waals surface area contributed by atoms with Crippen molar-refractivity contribution in [1.82, 2.24) is 14.7 Å². The minimum Gasteiger partial charge on any atom is -0.492 e. The Labute approximate surface area is 219 Å². The number of methoxy groups -OCH3 is 1. The van der Waals surface area contributed by atoms with Crippen LogP contribution in [0.5, 0.6) is 5.75 Å². The summed E-state index contributed by atoms with van der Waals surface area (Å²) in [5.74, 6) is 0.536. The van der Waals surface area contributed by atoms with E-state index in [4.69, 9.17) is 38.4 Å². The number of para-hydroxylation sites is 1. The zero-order valence-corrected chi connectivity index (χ0v) is 22.0. The molecule has 9 heteroatoms. The van der Waals surface area contributed by atoms with Crippen molar-refractivity contribution in [2.75, 3.05) is 26.9 Å². The van der Waals surface area contributed by atoms with Gasteiger partial charge in [0.15, 0.2) is 0 Å². The highest BCUT2D eigenvalue weighted by molar-refractivity contribution is 8.26. The third-order valence-electron chi connectivity index (χ3n) is 5.32. The number of benzene rings is 2. The highest BCUT2D eigenvalue weighted by Crippen LogP contribution is 2.36. The van der Waals surface area contributed by atoms with Crippen molar-refractivity contribution in [2.24, 2.45) is 0 Å². The number of amides is 1. The van der Waals surface area contributed by atoms with Crippen LogP contribution in [-0.4, -0.2) is 51.8 Å². The molecule has 1 amide bonds. The minimum absolute atomic E-state index is 0.101. The Morgan fingerprint density at radius 1 is 1.17 bits per heavy atom. The molecule has 0 bridgehead atoms. The van der Waals surface area contributed by atoms with Gasteiger partial charge in [-0.05, 0) is 49.2 Å². The van der Waals surface area contributed by atoms with Crippen LogP contribution in [0.15, 0.2) is 59.6 Å². The fourth-order valence-electron chi connectivity index (χ4n) is 3.61. The summed E-state index contributed by atoms with van der Waals surface area (Å²) >= 11 is 13.3. The molecule has 0 unspecified atom stereocenters. The molecule has 1 aliphatic rings. The zero-order valence-electron chi connectivity index (χ0n) is 19.6. The lowest BCUT2D eigenvalue weighted by Gasteiger charge is -2.13. The number of thioether (sulfide) groups is 1. The average Bonchev–Trinajstić information content (AvgIpc) is 3.40. The molecule has 0 aliphatic carbocycles. The van der Waals surface area contributed by atoms with Gasteiger partial charge in [-0.1, -0.05) is 60.7 Å². The predicted molar refractivity (Wildman–Crippen MR) is 146 cm³/mol. The van der Waals surface area contributed by atoms with Crippen LogP contribution in [-0.2, 0) is 9.53 Å². The van der Waals surface area contributed by atoms with Gasteiger partial charge in [-0.2, -0.15) is 5.10 Å². The Balaban J connectivity index is 1.71. The first-order valence-electron chi connectivity index (χ1n) is 11.3. The topological polar surface area (TPSA) is 56.6 Å². The van der Waals surface area contributed by atoms with Crippen molar-refractivity contribution < 1.29 is 14.3 Å².